The Labute approximate surface area is 84.7 Å². The van der Waals surface area contributed by atoms with Crippen LogP contribution < -0.4 is 0 Å². The molecule has 0 aromatic carbocycles. The summed E-state index contributed by atoms with van der Waals surface area (Å²) in [6, 6.07) is 0. The van der Waals surface area contributed by atoms with E-state index >= 15 is 0 Å². The molecule has 1 N–H and O–H groups in total. The van der Waals surface area contributed by atoms with Crippen molar-refractivity contribution in [2.45, 2.75) is 50.5 Å². The van der Waals surface area contributed by atoms with Crippen molar-refractivity contribution < 1.29 is 9.90 Å². The van der Waals surface area contributed by atoms with E-state index in [-0.39, 0.29) is 5.92 Å². The summed E-state index contributed by atoms with van der Waals surface area (Å²) in [6.07, 6.45) is 7.33. The molecule has 0 unspecified atom stereocenters. The number of carbonyl (C=O) groups is 1. The van der Waals surface area contributed by atoms with Crippen LogP contribution >= 0.6 is 0 Å². The van der Waals surface area contributed by atoms with Crippen LogP contribution in [0.15, 0.2) is 0 Å². The van der Waals surface area contributed by atoms with Crippen molar-refractivity contribution >= 4 is 5.78 Å². The minimum atomic E-state index is -0.581. The number of hydrogen-bond donors (Lipinski definition) is 1. The van der Waals surface area contributed by atoms with Gasteiger partial charge in [-0.1, -0.05) is 19.3 Å². The fourth-order valence-electron chi connectivity index (χ4n) is 4.18. The van der Waals surface area contributed by atoms with Gasteiger partial charge in [0.1, 0.15) is 5.78 Å². The second-order valence-electron chi connectivity index (χ2n) is 5.40. The summed E-state index contributed by atoms with van der Waals surface area (Å²) in [5.74, 6) is 1.45. The highest BCUT2D eigenvalue weighted by atomic mass is 16.3. The van der Waals surface area contributed by atoms with Crippen molar-refractivity contribution in [3.05, 3.63) is 0 Å². The van der Waals surface area contributed by atoms with Gasteiger partial charge < -0.3 is 5.11 Å². The number of aliphatic hydroxyl groups is 1. The Morgan fingerprint density at radius 3 is 2.93 bits per heavy atom. The maximum absolute atomic E-state index is 11.6. The Morgan fingerprint density at radius 2 is 2.07 bits per heavy atom. The van der Waals surface area contributed by atoms with Gasteiger partial charge in [0.2, 0.25) is 0 Å². The summed E-state index contributed by atoms with van der Waals surface area (Å²) < 4.78 is 0. The number of carbonyl (C=O) groups excluding carboxylic acids is 1. The van der Waals surface area contributed by atoms with Crippen LogP contribution in [-0.4, -0.2) is 16.5 Å². The lowest BCUT2D eigenvalue weighted by atomic mass is 9.75. The van der Waals surface area contributed by atoms with Gasteiger partial charge in [-0.25, -0.2) is 0 Å². The molecule has 2 heteroatoms. The highest BCUT2D eigenvalue weighted by Crippen LogP contribution is 2.56. The molecule has 0 saturated heterocycles. The van der Waals surface area contributed by atoms with Gasteiger partial charge in [0.25, 0.3) is 0 Å². The third-order valence-corrected chi connectivity index (χ3v) is 4.85. The summed E-state index contributed by atoms with van der Waals surface area (Å²) in [7, 11) is 0. The molecule has 14 heavy (non-hydrogen) atoms. The van der Waals surface area contributed by atoms with Crippen molar-refractivity contribution in [2.75, 3.05) is 0 Å². The maximum atomic E-state index is 11.6. The second-order valence-corrected chi connectivity index (χ2v) is 5.40. The molecule has 4 atom stereocenters. The number of Topliss-reactive ketones (excluding diaryl/α,β-unsaturated/α-hetero) is 1. The van der Waals surface area contributed by atoms with Gasteiger partial charge in [0.05, 0.1) is 5.60 Å². The van der Waals surface area contributed by atoms with E-state index < -0.39 is 5.60 Å². The summed E-state index contributed by atoms with van der Waals surface area (Å²) in [4.78, 5) is 11.6. The van der Waals surface area contributed by atoms with E-state index in [2.05, 4.69) is 0 Å². The second kappa shape index (κ2) is 2.82. The van der Waals surface area contributed by atoms with Crippen LogP contribution in [0, 0.1) is 17.8 Å². The average Bonchev–Trinajstić information content (AvgIpc) is 2.64. The first-order valence-electron chi connectivity index (χ1n) is 5.97. The molecule has 0 spiro atoms. The van der Waals surface area contributed by atoms with E-state index in [4.69, 9.17) is 0 Å². The van der Waals surface area contributed by atoms with Crippen LogP contribution in [0.3, 0.4) is 0 Å². The van der Waals surface area contributed by atoms with E-state index in [1.54, 1.807) is 0 Å². The first-order chi connectivity index (χ1) is 6.72. The monoisotopic (exact) mass is 194 g/mol. The molecule has 3 rings (SSSR count). The molecule has 3 saturated carbocycles. The molecule has 0 bridgehead atoms. The third-order valence-electron chi connectivity index (χ3n) is 4.85. The molecule has 3 aliphatic rings. The standard InChI is InChI=1S/C12H18O2/c13-11-5-6-12(14)9-4-2-1-3-8(9)7-10(11)12/h8-10,14H,1-7H2/t8-,9-,10+,12-/m0/s1. The number of hydrogen-bond acceptors (Lipinski definition) is 2. The Hall–Kier alpha value is -0.370. The Bertz CT molecular complexity index is 273. The summed E-state index contributed by atoms with van der Waals surface area (Å²) in [6.45, 7) is 0. The van der Waals surface area contributed by atoms with Crippen molar-refractivity contribution in [3.8, 4) is 0 Å². The van der Waals surface area contributed by atoms with E-state index in [9.17, 15) is 9.90 Å². The van der Waals surface area contributed by atoms with Gasteiger partial charge in [0.15, 0.2) is 0 Å². The topological polar surface area (TPSA) is 37.3 Å². The quantitative estimate of drug-likeness (QED) is 0.639. The fourth-order valence-corrected chi connectivity index (χ4v) is 4.18. The zero-order valence-electron chi connectivity index (χ0n) is 8.54. The molecule has 0 aliphatic heterocycles. The van der Waals surface area contributed by atoms with Crippen molar-refractivity contribution in [1.29, 1.82) is 0 Å². The van der Waals surface area contributed by atoms with Crippen LogP contribution in [0.4, 0.5) is 0 Å². The minimum absolute atomic E-state index is 0.00981. The highest BCUT2D eigenvalue weighted by molar-refractivity contribution is 5.85. The number of rotatable bonds is 0. The van der Waals surface area contributed by atoms with Crippen molar-refractivity contribution in [1.82, 2.24) is 0 Å². The van der Waals surface area contributed by atoms with E-state index in [1.165, 1.54) is 19.3 Å². The van der Waals surface area contributed by atoms with Gasteiger partial charge in [-0.05, 0) is 31.1 Å². The molecule has 0 heterocycles. The zero-order chi connectivity index (χ0) is 9.76. The normalized spacial score (nSPS) is 51.8. The van der Waals surface area contributed by atoms with Crippen LogP contribution in [0.1, 0.15) is 44.9 Å². The van der Waals surface area contributed by atoms with Gasteiger partial charge in [0, 0.05) is 12.3 Å². The minimum Gasteiger partial charge on any atom is -0.389 e. The van der Waals surface area contributed by atoms with Crippen LogP contribution in [-0.2, 0) is 4.79 Å². The van der Waals surface area contributed by atoms with Gasteiger partial charge >= 0.3 is 0 Å². The van der Waals surface area contributed by atoms with Gasteiger partial charge in [-0.3, -0.25) is 4.79 Å². The van der Waals surface area contributed by atoms with Crippen LogP contribution in [0.5, 0.6) is 0 Å². The Balaban J connectivity index is 1.92. The zero-order valence-corrected chi connectivity index (χ0v) is 8.54. The van der Waals surface area contributed by atoms with Crippen LogP contribution in [0.2, 0.25) is 0 Å². The van der Waals surface area contributed by atoms with E-state index in [0.29, 0.717) is 24.0 Å². The molecule has 0 amide bonds. The largest absolute Gasteiger partial charge is 0.389 e. The SMILES string of the molecule is O=C1CC[C@@]2(O)[C@@H]1C[C@@H]1CCCC[C@@H]12. The van der Waals surface area contributed by atoms with Crippen LogP contribution in [0.25, 0.3) is 0 Å². The third kappa shape index (κ3) is 0.979. The smallest absolute Gasteiger partial charge is 0.138 e. The summed E-state index contributed by atoms with van der Waals surface area (Å²) >= 11 is 0. The molecular weight excluding hydrogens is 176 g/mol. The average molecular weight is 194 g/mol. The summed E-state index contributed by atoms with van der Waals surface area (Å²) in [5, 5.41) is 10.6. The molecule has 0 aromatic heterocycles. The highest BCUT2D eigenvalue weighted by Gasteiger charge is 2.59. The number of fused-ring (bicyclic) bond motifs is 3. The maximum Gasteiger partial charge on any atom is 0.138 e. The predicted molar refractivity (Wildman–Crippen MR) is 52.7 cm³/mol. The van der Waals surface area contributed by atoms with Gasteiger partial charge in [-0.2, -0.15) is 0 Å². The van der Waals surface area contributed by atoms with E-state index in [0.717, 1.165) is 19.3 Å². The molecule has 2 nitrogen and oxygen atoms in total. The van der Waals surface area contributed by atoms with Crippen molar-refractivity contribution in [3.63, 3.8) is 0 Å². The lowest BCUT2D eigenvalue weighted by Crippen LogP contribution is -2.39. The molecular formula is C12H18O2. The van der Waals surface area contributed by atoms with Gasteiger partial charge in [-0.15, -0.1) is 0 Å². The van der Waals surface area contributed by atoms with E-state index in [1.807, 2.05) is 0 Å². The molecule has 3 fully saturated rings. The molecule has 78 valence electrons. The molecule has 3 aliphatic carbocycles. The number of ketones is 1. The fraction of sp³-hybridized carbons (Fsp3) is 0.917. The molecule has 0 radical (unpaired) electrons. The summed E-state index contributed by atoms with van der Waals surface area (Å²) in [5.41, 5.74) is -0.581. The molecule has 0 aromatic rings. The predicted octanol–water partition coefficient (Wildman–Crippen LogP) is 1.91. The van der Waals surface area contributed by atoms with Crippen molar-refractivity contribution in [2.24, 2.45) is 17.8 Å². The lowest BCUT2D eigenvalue weighted by molar-refractivity contribution is -0.124. The Kier molecular flexibility index (Phi) is 1.79. The first kappa shape index (κ1) is 8.90. The Morgan fingerprint density at radius 1 is 1.29 bits per heavy atom. The first-order valence-corrected chi connectivity index (χ1v) is 5.97. The lowest BCUT2D eigenvalue weighted by Gasteiger charge is -2.34.